The van der Waals surface area contributed by atoms with E-state index in [-0.39, 0.29) is 18.7 Å². The molecule has 0 aliphatic heterocycles. The standard InChI is InChI=1S/C5H10N2O3S/c6-3(5(9)10)1-2-4(8)7-11/h3,11H,1-2,6H2,(H,7,8)(H,9,10). The normalized spacial score (nSPS) is 12.2. The number of amides is 1. The van der Waals surface area contributed by atoms with E-state index in [2.05, 4.69) is 17.5 Å². The molecular formula is C5H10N2O3S. The lowest BCUT2D eigenvalue weighted by Gasteiger charge is -2.03. The fourth-order valence-electron chi connectivity index (χ4n) is 0.466. The first-order chi connectivity index (χ1) is 5.07. The second kappa shape index (κ2) is 4.97. The number of hydrogen-bond acceptors (Lipinski definition) is 4. The van der Waals surface area contributed by atoms with E-state index in [9.17, 15) is 9.59 Å². The first-order valence-electron chi connectivity index (χ1n) is 2.99. The highest BCUT2D eigenvalue weighted by Gasteiger charge is 2.12. The molecular weight excluding hydrogens is 168 g/mol. The molecule has 6 heteroatoms. The summed E-state index contributed by atoms with van der Waals surface area (Å²) in [5, 5.41) is 8.29. The molecule has 4 N–H and O–H groups in total. The van der Waals surface area contributed by atoms with Crippen molar-refractivity contribution >= 4 is 24.7 Å². The Balaban J connectivity index is 3.54. The van der Waals surface area contributed by atoms with Crippen molar-refractivity contribution in [1.82, 2.24) is 4.72 Å². The molecule has 64 valence electrons. The van der Waals surface area contributed by atoms with Gasteiger partial charge in [0.05, 0.1) is 0 Å². The molecule has 1 amide bonds. The number of carbonyl (C=O) groups is 2. The molecule has 0 aromatic heterocycles. The predicted octanol–water partition coefficient (Wildman–Crippen LogP) is -0.861. The molecule has 0 spiro atoms. The van der Waals surface area contributed by atoms with E-state index in [1.807, 2.05) is 0 Å². The number of thiol groups is 1. The van der Waals surface area contributed by atoms with Gasteiger partial charge in [-0.15, -0.1) is 0 Å². The molecule has 0 aromatic rings. The molecule has 0 bridgehead atoms. The van der Waals surface area contributed by atoms with E-state index in [0.29, 0.717) is 0 Å². The summed E-state index contributed by atoms with van der Waals surface area (Å²) < 4.78 is 2.07. The summed E-state index contributed by atoms with van der Waals surface area (Å²) in [5.74, 6) is -1.43. The largest absolute Gasteiger partial charge is 0.480 e. The lowest BCUT2D eigenvalue weighted by Crippen LogP contribution is -2.31. The van der Waals surface area contributed by atoms with Gasteiger partial charge in [0.15, 0.2) is 0 Å². The van der Waals surface area contributed by atoms with Gasteiger partial charge in [0.1, 0.15) is 6.04 Å². The molecule has 0 saturated carbocycles. The summed E-state index contributed by atoms with van der Waals surface area (Å²) in [7, 11) is 0. The van der Waals surface area contributed by atoms with Crippen LogP contribution in [0.2, 0.25) is 0 Å². The van der Waals surface area contributed by atoms with Gasteiger partial charge in [-0.2, -0.15) is 0 Å². The quantitative estimate of drug-likeness (QED) is 0.421. The third kappa shape index (κ3) is 4.63. The van der Waals surface area contributed by atoms with Gasteiger partial charge in [0, 0.05) is 6.42 Å². The SMILES string of the molecule is NC(CCC(=O)NS)C(=O)O. The van der Waals surface area contributed by atoms with Crippen LogP contribution in [0.25, 0.3) is 0 Å². The third-order valence-corrected chi connectivity index (χ3v) is 1.37. The molecule has 11 heavy (non-hydrogen) atoms. The minimum absolute atomic E-state index is 0.0803. The Hall–Kier alpha value is -0.750. The smallest absolute Gasteiger partial charge is 0.320 e. The Labute approximate surface area is 69.5 Å². The van der Waals surface area contributed by atoms with Gasteiger partial charge in [0.25, 0.3) is 0 Å². The Morgan fingerprint density at radius 1 is 1.64 bits per heavy atom. The summed E-state index contributed by atoms with van der Waals surface area (Å²) >= 11 is 3.48. The topological polar surface area (TPSA) is 92.4 Å². The van der Waals surface area contributed by atoms with Crippen LogP contribution in [0.1, 0.15) is 12.8 Å². The van der Waals surface area contributed by atoms with Gasteiger partial charge >= 0.3 is 5.97 Å². The van der Waals surface area contributed by atoms with Gasteiger partial charge in [-0.05, 0) is 6.42 Å². The number of hydrogen-bond donors (Lipinski definition) is 4. The molecule has 0 aromatic carbocycles. The van der Waals surface area contributed by atoms with Crippen molar-refractivity contribution in [2.24, 2.45) is 5.73 Å². The van der Waals surface area contributed by atoms with Gasteiger partial charge in [0.2, 0.25) is 5.91 Å². The van der Waals surface area contributed by atoms with Crippen LogP contribution in [0.4, 0.5) is 0 Å². The second-order valence-corrected chi connectivity index (χ2v) is 2.24. The number of carboxylic acids is 1. The number of carboxylic acid groups (broad SMARTS) is 1. The van der Waals surface area contributed by atoms with E-state index in [0.717, 1.165) is 0 Å². The summed E-state index contributed by atoms with van der Waals surface area (Å²) in [6.07, 6.45) is 0.207. The number of carbonyl (C=O) groups excluding carboxylic acids is 1. The first kappa shape index (κ1) is 10.2. The maximum Gasteiger partial charge on any atom is 0.320 e. The van der Waals surface area contributed by atoms with Crippen molar-refractivity contribution < 1.29 is 14.7 Å². The van der Waals surface area contributed by atoms with Crippen molar-refractivity contribution in [3.63, 3.8) is 0 Å². The van der Waals surface area contributed by atoms with Gasteiger partial charge in [-0.25, -0.2) is 0 Å². The van der Waals surface area contributed by atoms with E-state index in [1.165, 1.54) is 0 Å². The van der Waals surface area contributed by atoms with E-state index in [4.69, 9.17) is 10.8 Å². The molecule has 5 nitrogen and oxygen atoms in total. The van der Waals surface area contributed by atoms with Crippen LogP contribution in [0.5, 0.6) is 0 Å². The Bertz CT molecular complexity index is 162. The number of rotatable bonds is 4. The summed E-state index contributed by atoms with van der Waals surface area (Å²) in [6.45, 7) is 0. The van der Waals surface area contributed by atoms with Crippen LogP contribution in [0.15, 0.2) is 0 Å². The number of nitrogens with one attached hydrogen (secondary N) is 1. The third-order valence-electron chi connectivity index (χ3n) is 1.12. The average molecular weight is 178 g/mol. The highest BCUT2D eigenvalue weighted by Crippen LogP contribution is 1.94. The second-order valence-electron chi connectivity index (χ2n) is 2.02. The summed E-state index contributed by atoms with van der Waals surface area (Å²) in [4.78, 5) is 20.6. The molecule has 0 saturated heterocycles. The molecule has 0 aliphatic carbocycles. The minimum Gasteiger partial charge on any atom is -0.480 e. The first-order valence-corrected chi connectivity index (χ1v) is 3.44. The molecule has 0 fully saturated rings. The lowest BCUT2D eigenvalue weighted by molar-refractivity contribution is -0.138. The van der Waals surface area contributed by atoms with Crippen LogP contribution in [-0.2, 0) is 9.59 Å². The lowest BCUT2D eigenvalue weighted by atomic mass is 10.2. The molecule has 0 rings (SSSR count). The molecule has 0 heterocycles. The van der Waals surface area contributed by atoms with Crippen LogP contribution in [0.3, 0.4) is 0 Å². The van der Waals surface area contributed by atoms with Crippen molar-refractivity contribution in [3.05, 3.63) is 0 Å². The zero-order chi connectivity index (χ0) is 8.85. The van der Waals surface area contributed by atoms with Crippen LogP contribution >= 0.6 is 12.8 Å². The van der Waals surface area contributed by atoms with Gasteiger partial charge < -0.3 is 15.6 Å². The van der Waals surface area contributed by atoms with Crippen molar-refractivity contribution in [2.75, 3.05) is 0 Å². The van der Waals surface area contributed by atoms with Crippen LogP contribution in [-0.4, -0.2) is 23.0 Å². The highest BCUT2D eigenvalue weighted by atomic mass is 32.1. The van der Waals surface area contributed by atoms with E-state index >= 15 is 0 Å². The van der Waals surface area contributed by atoms with Gasteiger partial charge in [-0.3, -0.25) is 9.59 Å². The molecule has 1 unspecified atom stereocenters. The van der Waals surface area contributed by atoms with E-state index < -0.39 is 12.0 Å². The molecule has 1 atom stereocenters. The van der Waals surface area contributed by atoms with Crippen molar-refractivity contribution in [1.29, 1.82) is 0 Å². The van der Waals surface area contributed by atoms with E-state index in [1.54, 1.807) is 0 Å². The fraction of sp³-hybridized carbons (Fsp3) is 0.600. The zero-order valence-electron chi connectivity index (χ0n) is 5.78. The molecule has 0 radical (unpaired) electrons. The Kier molecular flexibility index (Phi) is 4.64. The van der Waals surface area contributed by atoms with Crippen molar-refractivity contribution in [2.45, 2.75) is 18.9 Å². The fourth-order valence-corrected chi connectivity index (χ4v) is 0.578. The Morgan fingerprint density at radius 3 is 2.55 bits per heavy atom. The maximum atomic E-state index is 10.5. The summed E-state index contributed by atoms with van der Waals surface area (Å²) in [5.41, 5.74) is 5.11. The number of aliphatic carboxylic acids is 1. The van der Waals surface area contributed by atoms with Crippen LogP contribution < -0.4 is 10.5 Å². The highest BCUT2D eigenvalue weighted by molar-refractivity contribution is 7.78. The zero-order valence-corrected chi connectivity index (χ0v) is 6.67. The van der Waals surface area contributed by atoms with Crippen molar-refractivity contribution in [3.8, 4) is 0 Å². The summed E-state index contributed by atoms with van der Waals surface area (Å²) in [6, 6.07) is -0.972. The monoisotopic (exact) mass is 178 g/mol. The molecule has 0 aliphatic rings. The minimum atomic E-state index is -1.10. The van der Waals surface area contributed by atoms with Gasteiger partial charge in [-0.1, -0.05) is 12.8 Å². The predicted molar refractivity (Wildman–Crippen MR) is 42.0 cm³/mol. The maximum absolute atomic E-state index is 10.5. The number of nitrogens with two attached hydrogens (primary N) is 1. The average Bonchev–Trinajstić information content (AvgIpc) is 1.99. The Morgan fingerprint density at radius 2 is 2.18 bits per heavy atom. The van der Waals surface area contributed by atoms with Crippen LogP contribution in [0, 0.1) is 0 Å².